The fourth-order valence-electron chi connectivity index (χ4n) is 3.09. The SMILES string of the molecule is COc1cc(C)c2c(c1C=O)Oc1cc(OC(C)=O)c(OC(C)=O)c(C)c1OC2=O. The molecular formula is C21H18O9. The van der Waals surface area contributed by atoms with Gasteiger partial charge in [-0.1, -0.05) is 0 Å². The van der Waals surface area contributed by atoms with Gasteiger partial charge in [-0.3, -0.25) is 14.4 Å². The van der Waals surface area contributed by atoms with E-state index in [1.165, 1.54) is 40.0 Å². The molecule has 0 atom stereocenters. The summed E-state index contributed by atoms with van der Waals surface area (Å²) in [6.45, 7) is 5.49. The van der Waals surface area contributed by atoms with Crippen LogP contribution in [0, 0.1) is 13.8 Å². The van der Waals surface area contributed by atoms with Crippen LogP contribution in [-0.4, -0.2) is 31.3 Å². The summed E-state index contributed by atoms with van der Waals surface area (Å²) >= 11 is 0. The summed E-state index contributed by atoms with van der Waals surface area (Å²) in [5.41, 5.74) is 0.705. The van der Waals surface area contributed by atoms with Crippen LogP contribution >= 0.6 is 0 Å². The van der Waals surface area contributed by atoms with Gasteiger partial charge in [0.15, 0.2) is 35.0 Å². The minimum Gasteiger partial charge on any atom is -0.496 e. The van der Waals surface area contributed by atoms with Gasteiger partial charge in [0.05, 0.1) is 12.7 Å². The zero-order valence-electron chi connectivity index (χ0n) is 16.9. The Hall–Kier alpha value is -3.88. The van der Waals surface area contributed by atoms with E-state index in [4.69, 9.17) is 23.7 Å². The fraction of sp³-hybridized carbons (Fsp3) is 0.238. The zero-order valence-corrected chi connectivity index (χ0v) is 16.9. The Morgan fingerprint density at radius 3 is 2.20 bits per heavy atom. The van der Waals surface area contributed by atoms with Gasteiger partial charge in [-0.25, -0.2) is 4.79 Å². The Balaban J connectivity index is 2.30. The second-order valence-corrected chi connectivity index (χ2v) is 6.47. The third-order valence-electron chi connectivity index (χ3n) is 4.32. The summed E-state index contributed by atoms with van der Waals surface area (Å²) in [5.74, 6) is -2.21. The summed E-state index contributed by atoms with van der Waals surface area (Å²) in [6, 6.07) is 2.76. The second-order valence-electron chi connectivity index (χ2n) is 6.47. The van der Waals surface area contributed by atoms with Crippen LogP contribution in [0.4, 0.5) is 0 Å². The zero-order chi connectivity index (χ0) is 22.2. The molecule has 0 saturated carbocycles. The van der Waals surface area contributed by atoms with E-state index in [-0.39, 0.29) is 51.2 Å². The molecule has 1 aliphatic heterocycles. The van der Waals surface area contributed by atoms with Gasteiger partial charge in [0.1, 0.15) is 11.3 Å². The van der Waals surface area contributed by atoms with Crippen molar-refractivity contribution in [3.8, 4) is 34.5 Å². The first-order valence-corrected chi connectivity index (χ1v) is 8.79. The van der Waals surface area contributed by atoms with Crippen LogP contribution in [0.5, 0.6) is 34.5 Å². The number of aldehydes is 1. The number of hydrogen-bond acceptors (Lipinski definition) is 9. The summed E-state index contributed by atoms with van der Waals surface area (Å²) in [6.07, 6.45) is 0.502. The molecule has 0 amide bonds. The number of aryl methyl sites for hydroxylation is 1. The topological polar surface area (TPSA) is 114 Å². The third kappa shape index (κ3) is 3.57. The van der Waals surface area contributed by atoms with E-state index >= 15 is 0 Å². The number of rotatable bonds is 4. The van der Waals surface area contributed by atoms with Crippen molar-refractivity contribution < 1.29 is 42.9 Å². The maximum atomic E-state index is 12.9. The standard InChI is InChI=1S/C21H18O9/c1-9-6-14(26-5)13(8-22)20-17(9)21(25)30-19-10(2)18(28-12(4)24)15(27-11(3)23)7-16(19)29-20/h6-8H,1-5H3. The smallest absolute Gasteiger partial charge is 0.347 e. The third-order valence-corrected chi connectivity index (χ3v) is 4.32. The first-order valence-electron chi connectivity index (χ1n) is 8.79. The predicted molar refractivity (Wildman–Crippen MR) is 102 cm³/mol. The minimum absolute atomic E-state index is 0.0116. The van der Waals surface area contributed by atoms with Crippen molar-refractivity contribution in [2.75, 3.05) is 7.11 Å². The Morgan fingerprint density at radius 1 is 0.967 bits per heavy atom. The van der Waals surface area contributed by atoms with Crippen LogP contribution in [-0.2, 0) is 9.59 Å². The molecule has 0 N–H and O–H groups in total. The highest BCUT2D eigenvalue weighted by molar-refractivity contribution is 6.01. The van der Waals surface area contributed by atoms with E-state index in [9.17, 15) is 19.2 Å². The van der Waals surface area contributed by atoms with Crippen LogP contribution in [0.1, 0.15) is 45.7 Å². The number of carbonyl (C=O) groups is 4. The molecule has 0 radical (unpaired) electrons. The molecular weight excluding hydrogens is 396 g/mol. The lowest BCUT2D eigenvalue weighted by Gasteiger charge is -2.17. The molecule has 0 bridgehead atoms. The first-order chi connectivity index (χ1) is 14.2. The van der Waals surface area contributed by atoms with Crippen molar-refractivity contribution in [1.29, 1.82) is 0 Å². The van der Waals surface area contributed by atoms with Gasteiger partial charge >= 0.3 is 17.9 Å². The number of fused-ring (bicyclic) bond motifs is 2. The summed E-state index contributed by atoms with van der Waals surface area (Å²) in [7, 11) is 1.38. The predicted octanol–water partition coefficient (Wildman–Crippen LogP) is 3.30. The van der Waals surface area contributed by atoms with Crippen LogP contribution in [0.2, 0.25) is 0 Å². The largest absolute Gasteiger partial charge is 0.496 e. The molecule has 3 rings (SSSR count). The van der Waals surface area contributed by atoms with Crippen molar-refractivity contribution in [2.24, 2.45) is 0 Å². The summed E-state index contributed by atoms with van der Waals surface area (Å²) in [5, 5.41) is 0. The van der Waals surface area contributed by atoms with Crippen LogP contribution in [0.3, 0.4) is 0 Å². The Kier molecular flexibility index (Phi) is 5.46. The maximum absolute atomic E-state index is 12.9. The van der Waals surface area contributed by atoms with Gasteiger partial charge < -0.3 is 23.7 Å². The molecule has 0 spiro atoms. The molecule has 0 aromatic heterocycles. The number of benzene rings is 2. The molecule has 0 unspecified atom stereocenters. The summed E-state index contributed by atoms with van der Waals surface area (Å²) < 4.78 is 26.9. The minimum atomic E-state index is -0.774. The molecule has 0 aliphatic carbocycles. The normalized spacial score (nSPS) is 11.8. The van der Waals surface area contributed by atoms with Gasteiger partial charge in [-0.05, 0) is 25.5 Å². The van der Waals surface area contributed by atoms with Crippen LogP contribution in [0.25, 0.3) is 0 Å². The quantitative estimate of drug-likeness (QED) is 0.422. The molecule has 156 valence electrons. The highest BCUT2D eigenvalue weighted by atomic mass is 16.6. The molecule has 9 heteroatoms. The average molecular weight is 414 g/mol. The lowest BCUT2D eigenvalue weighted by atomic mass is 10.0. The molecule has 9 nitrogen and oxygen atoms in total. The number of hydrogen-bond donors (Lipinski definition) is 0. The van der Waals surface area contributed by atoms with Gasteiger partial charge in [0, 0.05) is 25.5 Å². The Morgan fingerprint density at radius 2 is 1.63 bits per heavy atom. The van der Waals surface area contributed by atoms with Gasteiger partial charge in [-0.15, -0.1) is 0 Å². The first kappa shape index (κ1) is 20.8. The fourth-order valence-corrected chi connectivity index (χ4v) is 3.09. The molecule has 2 aromatic carbocycles. The van der Waals surface area contributed by atoms with Gasteiger partial charge in [-0.2, -0.15) is 0 Å². The van der Waals surface area contributed by atoms with E-state index < -0.39 is 17.9 Å². The average Bonchev–Trinajstić information content (AvgIpc) is 2.80. The monoisotopic (exact) mass is 414 g/mol. The van der Waals surface area contributed by atoms with Crippen LogP contribution < -0.4 is 23.7 Å². The van der Waals surface area contributed by atoms with E-state index in [1.54, 1.807) is 6.92 Å². The molecule has 0 fully saturated rings. The number of methoxy groups -OCH3 is 1. The highest BCUT2D eigenvalue weighted by Crippen LogP contribution is 2.49. The van der Waals surface area contributed by atoms with Crippen molar-refractivity contribution in [1.82, 2.24) is 0 Å². The molecule has 0 saturated heterocycles. The van der Waals surface area contributed by atoms with E-state index in [2.05, 4.69) is 0 Å². The Bertz CT molecular complexity index is 1100. The number of ether oxygens (including phenoxy) is 5. The van der Waals surface area contributed by atoms with Gasteiger partial charge in [0.25, 0.3) is 0 Å². The van der Waals surface area contributed by atoms with Gasteiger partial charge in [0.2, 0.25) is 0 Å². The lowest BCUT2D eigenvalue weighted by molar-refractivity contribution is -0.134. The second kappa shape index (κ2) is 7.86. The summed E-state index contributed by atoms with van der Waals surface area (Å²) in [4.78, 5) is 47.6. The van der Waals surface area contributed by atoms with Crippen molar-refractivity contribution in [2.45, 2.75) is 27.7 Å². The number of esters is 3. The van der Waals surface area contributed by atoms with E-state index in [1.807, 2.05) is 0 Å². The number of carbonyl (C=O) groups excluding carboxylic acids is 4. The lowest BCUT2D eigenvalue weighted by Crippen LogP contribution is -2.12. The molecule has 30 heavy (non-hydrogen) atoms. The Labute approximate surface area is 171 Å². The molecule has 1 aliphatic rings. The van der Waals surface area contributed by atoms with Crippen molar-refractivity contribution in [3.63, 3.8) is 0 Å². The van der Waals surface area contributed by atoms with Crippen molar-refractivity contribution in [3.05, 3.63) is 34.4 Å². The van der Waals surface area contributed by atoms with E-state index in [0.29, 0.717) is 11.8 Å². The van der Waals surface area contributed by atoms with E-state index in [0.717, 1.165) is 0 Å². The van der Waals surface area contributed by atoms with Crippen molar-refractivity contribution >= 4 is 24.2 Å². The maximum Gasteiger partial charge on any atom is 0.347 e. The van der Waals surface area contributed by atoms with Crippen LogP contribution in [0.15, 0.2) is 12.1 Å². The molecule has 2 aromatic rings. The highest BCUT2D eigenvalue weighted by Gasteiger charge is 2.33. The molecule has 1 heterocycles.